The number of benzene rings is 2. The number of ether oxygens (including phenoxy) is 2. The quantitative estimate of drug-likeness (QED) is 0.742. The molecule has 1 unspecified atom stereocenters. The first-order valence-electron chi connectivity index (χ1n) is 10.4. The predicted molar refractivity (Wildman–Crippen MR) is 116 cm³/mol. The van der Waals surface area contributed by atoms with E-state index in [0.29, 0.717) is 32.7 Å². The van der Waals surface area contributed by atoms with Gasteiger partial charge < -0.3 is 19.3 Å². The van der Waals surface area contributed by atoms with Crippen molar-refractivity contribution < 1.29 is 19.1 Å². The predicted octanol–water partition coefficient (Wildman–Crippen LogP) is 4.34. The highest BCUT2D eigenvalue weighted by Crippen LogP contribution is 2.37. The topological polar surface area (TPSA) is 59.1 Å². The molecule has 158 valence electrons. The molecule has 2 aromatic carbocycles. The molecule has 0 aliphatic carbocycles. The normalized spacial score (nSPS) is 18.6. The molecule has 0 N–H and O–H groups in total. The van der Waals surface area contributed by atoms with Crippen LogP contribution in [0.25, 0.3) is 11.1 Å². The molecular weight excluding hydrogens is 380 g/mol. The van der Waals surface area contributed by atoms with Crippen LogP contribution in [-0.2, 0) is 9.53 Å². The van der Waals surface area contributed by atoms with Crippen LogP contribution >= 0.6 is 0 Å². The lowest BCUT2D eigenvalue weighted by Crippen LogP contribution is -2.43. The molecule has 6 nitrogen and oxygen atoms in total. The molecule has 1 saturated heterocycles. The van der Waals surface area contributed by atoms with Crippen LogP contribution < -0.4 is 9.64 Å². The number of amides is 2. The zero-order valence-corrected chi connectivity index (χ0v) is 17.8. The summed E-state index contributed by atoms with van der Waals surface area (Å²) in [5.41, 5.74) is 2.41. The zero-order chi connectivity index (χ0) is 21.3. The molecule has 2 aliphatic heterocycles. The van der Waals surface area contributed by atoms with Crippen LogP contribution in [0.2, 0.25) is 0 Å². The summed E-state index contributed by atoms with van der Waals surface area (Å²) in [7, 11) is 0. The van der Waals surface area contributed by atoms with Crippen molar-refractivity contribution in [1.82, 2.24) is 4.90 Å². The molecule has 1 fully saturated rings. The van der Waals surface area contributed by atoms with Crippen molar-refractivity contribution in [3.05, 3.63) is 48.5 Å². The lowest BCUT2D eigenvalue weighted by molar-refractivity contribution is -0.122. The fourth-order valence-corrected chi connectivity index (χ4v) is 3.93. The van der Waals surface area contributed by atoms with E-state index in [4.69, 9.17) is 9.47 Å². The van der Waals surface area contributed by atoms with Gasteiger partial charge in [0.25, 0.3) is 0 Å². The maximum absolute atomic E-state index is 13.3. The maximum Gasteiger partial charge on any atom is 0.410 e. The number of nitrogens with zero attached hydrogens (tertiary/aromatic N) is 2. The van der Waals surface area contributed by atoms with Crippen molar-refractivity contribution in [3.63, 3.8) is 0 Å². The smallest absolute Gasteiger partial charge is 0.410 e. The van der Waals surface area contributed by atoms with Crippen molar-refractivity contribution in [2.45, 2.75) is 32.8 Å². The van der Waals surface area contributed by atoms with E-state index in [-0.39, 0.29) is 17.9 Å². The summed E-state index contributed by atoms with van der Waals surface area (Å²) in [5.74, 6) is 0.535. The number of carbonyl (C=O) groups is 2. The van der Waals surface area contributed by atoms with E-state index in [0.717, 1.165) is 22.6 Å². The van der Waals surface area contributed by atoms with Gasteiger partial charge >= 0.3 is 6.09 Å². The van der Waals surface area contributed by atoms with E-state index in [1.807, 2.05) is 57.2 Å². The van der Waals surface area contributed by atoms with Crippen LogP contribution in [0.15, 0.2) is 48.5 Å². The summed E-state index contributed by atoms with van der Waals surface area (Å²) < 4.78 is 11.3. The van der Waals surface area contributed by atoms with Gasteiger partial charge in [-0.25, -0.2) is 4.79 Å². The molecule has 2 amide bonds. The SMILES string of the molecule is CC(C)(C)OC(=O)N1CCC(C(=O)N2CCOc3cc(-c4ccccc4)ccc32)C1. The van der Waals surface area contributed by atoms with Crippen LogP contribution in [0.1, 0.15) is 27.2 Å². The average molecular weight is 408 g/mol. The molecule has 2 heterocycles. The molecule has 30 heavy (non-hydrogen) atoms. The third-order valence-corrected chi connectivity index (χ3v) is 5.39. The molecular formula is C24H28N2O4. The Balaban J connectivity index is 1.48. The Bertz CT molecular complexity index is 936. The minimum absolute atomic E-state index is 0.0399. The Hall–Kier alpha value is -3.02. The van der Waals surface area contributed by atoms with Crippen molar-refractivity contribution >= 4 is 17.7 Å². The number of hydrogen-bond acceptors (Lipinski definition) is 4. The monoisotopic (exact) mass is 408 g/mol. The lowest BCUT2D eigenvalue weighted by Gasteiger charge is -2.32. The minimum atomic E-state index is -0.543. The van der Waals surface area contributed by atoms with Gasteiger partial charge in [0.2, 0.25) is 5.91 Å². The third kappa shape index (κ3) is 4.27. The van der Waals surface area contributed by atoms with Crippen LogP contribution in [0, 0.1) is 5.92 Å². The number of carbonyl (C=O) groups excluding carboxylic acids is 2. The van der Waals surface area contributed by atoms with Crippen LogP contribution in [-0.4, -0.2) is 48.7 Å². The Kier molecular flexibility index (Phi) is 5.41. The van der Waals surface area contributed by atoms with E-state index in [2.05, 4.69) is 12.1 Å². The van der Waals surface area contributed by atoms with Gasteiger partial charge in [0.05, 0.1) is 18.2 Å². The van der Waals surface area contributed by atoms with E-state index in [1.165, 1.54) is 0 Å². The third-order valence-electron chi connectivity index (χ3n) is 5.39. The van der Waals surface area contributed by atoms with Gasteiger partial charge in [0.15, 0.2) is 0 Å². The van der Waals surface area contributed by atoms with Crippen molar-refractivity contribution in [2.75, 3.05) is 31.1 Å². The van der Waals surface area contributed by atoms with Crippen LogP contribution in [0.3, 0.4) is 0 Å². The van der Waals surface area contributed by atoms with E-state index in [9.17, 15) is 9.59 Å². The van der Waals surface area contributed by atoms with Gasteiger partial charge in [-0.2, -0.15) is 0 Å². The first-order chi connectivity index (χ1) is 14.3. The van der Waals surface area contributed by atoms with Crippen LogP contribution in [0.5, 0.6) is 5.75 Å². The standard InChI is InChI=1S/C24H28N2O4/c1-24(2,3)30-23(28)25-12-11-19(16-25)22(27)26-13-14-29-21-15-18(9-10-20(21)26)17-7-5-4-6-8-17/h4-10,15,19H,11-14,16H2,1-3H3. The number of likely N-dealkylation sites (tertiary alicyclic amines) is 1. The molecule has 6 heteroatoms. The van der Waals surface area contributed by atoms with Gasteiger partial charge in [0.1, 0.15) is 18.0 Å². The Morgan fingerprint density at radius 3 is 2.53 bits per heavy atom. The molecule has 0 radical (unpaired) electrons. The summed E-state index contributed by atoms with van der Waals surface area (Å²) in [5, 5.41) is 0. The summed E-state index contributed by atoms with van der Waals surface area (Å²) >= 11 is 0. The first-order valence-corrected chi connectivity index (χ1v) is 10.4. The molecule has 0 spiro atoms. The summed E-state index contributed by atoms with van der Waals surface area (Å²) in [6, 6.07) is 16.1. The highest BCUT2D eigenvalue weighted by molar-refractivity contribution is 5.98. The highest BCUT2D eigenvalue weighted by Gasteiger charge is 2.37. The molecule has 0 saturated carbocycles. The van der Waals surface area contributed by atoms with E-state index >= 15 is 0 Å². The average Bonchev–Trinajstić information content (AvgIpc) is 3.22. The fourth-order valence-electron chi connectivity index (χ4n) is 3.93. The maximum atomic E-state index is 13.3. The van der Waals surface area contributed by atoms with Gasteiger partial charge in [-0.05, 0) is 50.5 Å². The van der Waals surface area contributed by atoms with Crippen LogP contribution in [0.4, 0.5) is 10.5 Å². The number of rotatable bonds is 2. The molecule has 2 aromatic rings. The van der Waals surface area contributed by atoms with Crippen molar-refractivity contribution in [2.24, 2.45) is 5.92 Å². The molecule has 0 aromatic heterocycles. The van der Waals surface area contributed by atoms with Gasteiger partial charge in [-0.1, -0.05) is 36.4 Å². The van der Waals surface area contributed by atoms with E-state index < -0.39 is 5.60 Å². The lowest BCUT2D eigenvalue weighted by atomic mass is 10.0. The molecule has 4 rings (SSSR count). The second-order valence-electron chi connectivity index (χ2n) is 8.80. The number of hydrogen-bond donors (Lipinski definition) is 0. The van der Waals surface area contributed by atoms with Gasteiger partial charge in [0, 0.05) is 13.1 Å². The van der Waals surface area contributed by atoms with Gasteiger partial charge in [-0.3, -0.25) is 4.79 Å². The second-order valence-corrected chi connectivity index (χ2v) is 8.80. The van der Waals surface area contributed by atoms with Gasteiger partial charge in [-0.15, -0.1) is 0 Å². The largest absolute Gasteiger partial charge is 0.490 e. The summed E-state index contributed by atoms with van der Waals surface area (Å²) in [4.78, 5) is 29.0. The minimum Gasteiger partial charge on any atom is -0.490 e. The number of anilines is 1. The van der Waals surface area contributed by atoms with E-state index in [1.54, 1.807) is 9.80 Å². The first kappa shape index (κ1) is 20.3. The highest BCUT2D eigenvalue weighted by atomic mass is 16.6. The second kappa shape index (κ2) is 8.01. The Morgan fingerprint density at radius 2 is 1.80 bits per heavy atom. The summed E-state index contributed by atoms with van der Waals surface area (Å²) in [6.45, 7) is 7.44. The summed E-state index contributed by atoms with van der Waals surface area (Å²) in [6.07, 6.45) is 0.292. The molecule has 1 atom stereocenters. The molecule has 2 aliphatic rings. The van der Waals surface area contributed by atoms with Crippen molar-refractivity contribution in [3.8, 4) is 16.9 Å². The molecule has 0 bridgehead atoms. The Morgan fingerprint density at radius 1 is 1.03 bits per heavy atom. The number of fused-ring (bicyclic) bond motifs is 1. The fraction of sp³-hybridized carbons (Fsp3) is 0.417. The van der Waals surface area contributed by atoms with Crippen molar-refractivity contribution in [1.29, 1.82) is 0 Å². The zero-order valence-electron chi connectivity index (χ0n) is 17.8. The Labute approximate surface area is 177 Å².